The van der Waals surface area contributed by atoms with E-state index >= 15 is 0 Å². The topological polar surface area (TPSA) is 30.5 Å². The van der Waals surface area contributed by atoms with Gasteiger partial charge in [-0.25, -0.2) is 0 Å². The van der Waals surface area contributed by atoms with Gasteiger partial charge in [-0.05, 0) is 31.7 Å². The zero-order chi connectivity index (χ0) is 13.7. The molecule has 19 heavy (non-hydrogen) atoms. The van der Waals surface area contributed by atoms with Crippen LogP contribution in [-0.4, -0.2) is 26.4 Å². The van der Waals surface area contributed by atoms with Crippen LogP contribution in [0, 0.1) is 0 Å². The normalized spacial score (nSPS) is 18.7. The lowest BCUT2D eigenvalue weighted by Gasteiger charge is -2.41. The fraction of sp³-hybridized carbons (Fsp3) is 0.625. The van der Waals surface area contributed by atoms with Crippen LogP contribution >= 0.6 is 0 Å². The second-order valence-electron chi connectivity index (χ2n) is 5.32. The van der Waals surface area contributed by atoms with Crippen LogP contribution in [-0.2, 0) is 4.74 Å². The number of benzene rings is 1. The van der Waals surface area contributed by atoms with Gasteiger partial charge in [0.15, 0.2) is 0 Å². The molecule has 1 saturated carbocycles. The highest BCUT2D eigenvalue weighted by molar-refractivity contribution is 5.35. The Labute approximate surface area is 116 Å². The molecule has 1 fully saturated rings. The van der Waals surface area contributed by atoms with Crippen molar-refractivity contribution in [2.24, 2.45) is 0 Å². The Hall–Kier alpha value is -1.06. The SMILES string of the molecule is CCC(NCC1(OC)CCC1)c1ccccc1OC. The molecule has 0 aliphatic heterocycles. The minimum absolute atomic E-state index is 0.0649. The summed E-state index contributed by atoms with van der Waals surface area (Å²) in [6.07, 6.45) is 4.65. The van der Waals surface area contributed by atoms with Crippen LogP contribution in [0.5, 0.6) is 5.75 Å². The lowest BCUT2D eigenvalue weighted by atomic mass is 9.79. The fourth-order valence-corrected chi connectivity index (χ4v) is 2.76. The van der Waals surface area contributed by atoms with Crippen LogP contribution in [0.15, 0.2) is 24.3 Å². The minimum Gasteiger partial charge on any atom is -0.496 e. The van der Waals surface area contributed by atoms with Gasteiger partial charge in [0, 0.05) is 25.3 Å². The van der Waals surface area contributed by atoms with Gasteiger partial charge < -0.3 is 14.8 Å². The molecular weight excluding hydrogens is 238 g/mol. The molecule has 0 spiro atoms. The van der Waals surface area contributed by atoms with E-state index in [4.69, 9.17) is 9.47 Å². The van der Waals surface area contributed by atoms with Crippen LogP contribution in [0.1, 0.15) is 44.2 Å². The molecule has 0 aromatic heterocycles. The molecular formula is C16H25NO2. The van der Waals surface area contributed by atoms with E-state index in [2.05, 4.69) is 24.4 Å². The Morgan fingerprint density at radius 2 is 2.00 bits per heavy atom. The molecule has 1 N–H and O–H groups in total. The van der Waals surface area contributed by atoms with Crippen molar-refractivity contribution in [1.82, 2.24) is 5.32 Å². The maximum atomic E-state index is 5.67. The van der Waals surface area contributed by atoms with E-state index in [0.29, 0.717) is 6.04 Å². The molecule has 1 atom stereocenters. The Morgan fingerprint density at radius 1 is 1.26 bits per heavy atom. The molecule has 0 bridgehead atoms. The highest BCUT2D eigenvalue weighted by Gasteiger charge is 2.37. The third-order valence-corrected chi connectivity index (χ3v) is 4.29. The summed E-state index contributed by atoms with van der Waals surface area (Å²) in [6, 6.07) is 8.56. The van der Waals surface area contributed by atoms with E-state index in [9.17, 15) is 0 Å². The second kappa shape index (κ2) is 6.40. The van der Waals surface area contributed by atoms with Crippen molar-refractivity contribution < 1.29 is 9.47 Å². The number of rotatable bonds is 7. The van der Waals surface area contributed by atoms with Gasteiger partial charge in [0.05, 0.1) is 12.7 Å². The average molecular weight is 263 g/mol. The van der Waals surface area contributed by atoms with Crippen LogP contribution in [0.3, 0.4) is 0 Å². The molecule has 0 radical (unpaired) electrons. The van der Waals surface area contributed by atoms with Crippen molar-refractivity contribution in [3.8, 4) is 5.75 Å². The lowest BCUT2D eigenvalue weighted by Crippen LogP contribution is -2.48. The van der Waals surface area contributed by atoms with Crippen molar-refractivity contribution >= 4 is 0 Å². The molecule has 1 aliphatic rings. The molecule has 1 aromatic rings. The molecule has 0 heterocycles. The first-order valence-electron chi connectivity index (χ1n) is 7.16. The molecule has 1 aliphatic carbocycles. The van der Waals surface area contributed by atoms with Gasteiger partial charge in [-0.1, -0.05) is 25.1 Å². The summed E-state index contributed by atoms with van der Waals surface area (Å²) >= 11 is 0. The molecule has 2 rings (SSSR count). The second-order valence-corrected chi connectivity index (χ2v) is 5.32. The van der Waals surface area contributed by atoms with E-state index in [1.165, 1.54) is 24.8 Å². The van der Waals surface area contributed by atoms with Crippen LogP contribution < -0.4 is 10.1 Å². The Kier molecular flexibility index (Phi) is 4.83. The minimum atomic E-state index is 0.0649. The maximum absolute atomic E-state index is 5.67. The Bertz CT molecular complexity index is 396. The third kappa shape index (κ3) is 3.10. The summed E-state index contributed by atoms with van der Waals surface area (Å²) in [4.78, 5) is 0. The molecule has 0 saturated heterocycles. The highest BCUT2D eigenvalue weighted by Crippen LogP contribution is 2.35. The van der Waals surface area contributed by atoms with Gasteiger partial charge >= 0.3 is 0 Å². The highest BCUT2D eigenvalue weighted by atomic mass is 16.5. The molecule has 1 aromatic carbocycles. The van der Waals surface area contributed by atoms with Gasteiger partial charge in [0.25, 0.3) is 0 Å². The number of methoxy groups -OCH3 is 2. The van der Waals surface area contributed by atoms with E-state index in [-0.39, 0.29) is 5.60 Å². The third-order valence-electron chi connectivity index (χ3n) is 4.29. The van der Waals surface area contributed by atoms with Gasteiger partial charge in [-0.2, -0.15) is 0 Å². The van der Waals surface area contributed by atoms with Gasteiger partial charge in [-0.15, -0.1) is 0 Å². The van der Waals surface area contributed by atoms with Crippen LogP contribution in [0.25, 0.3) is 0 Å². The molecule has 3 nitrogen and oxygen atoms in total. The molecule has 0 amide bonds. The first-order valence-corrected chi connectivity index (χ1v) is 7.16. The standard InChI is InChI=1S/C16H25NO2/c1-4-14(13-8-5-6-9-15(13)18-2)17-12-16(19-3)10-7-11-16/h5-6,8-9,14,17H,4,7,10-12H2,1-3H3. The van der Waals surface area contributed by atoms with Crippen LogP contribution in [0.4, 0.5) is 0 Å². The molecule has 1 unspecified atom stereocenters. The monoisotopic (exact) mass is 263 g/mol. The van der Waals surface area contributed by atoms with Gasteiger partial charge in [-0.3, -0.25) is 0 Å². The Balaban J connectivity index is 2.03. The van der Waals surface area contributed by atoms with Crippen molar-refractivity contribution in [1.29, 1.82) is 0 Å². The zero-order valence-corrected chi connectivity index (χ0v) is 12.2. The van der Waals surface area contributed by atoms with Gasteiger partial charge in [0.1, 0.15) is 5.75 Å². The first kappa shape index (κ1) is 14.4. The number of ether oxygens (including phenoxy) is 2. The van der Waals surface area contributed by atoms with Crippen LogP contribution in [0.2, 0.25) is 0 Å². The van der Waals surface area contributed by atoms with Crippen molar-refractivity contribution in [2.75, 3.05) is 20.8 Å². The number of para-hydroxylation sites is 1. The fourth-order valence-electron chi connectivity index (χ4n) is 2.76. The summed E-state index contributed by atoms with van der Waals surface area (Å²) < 4.78 is 11.1. The Morgan fingerprint density at radius 3 is 2.53 bits per heavy atom. The van der Waals surface area contributed by atoms with Crippen molar-refractivity contribution in [2.45, 2.75) is 44.2 Å². The lowest BCUT2D eigenvalue weighted by molar-refractivity contribution is -0.0710. The molecule has 106 valence electrons. The zero-order valence-electron chi connectivity index (χ0n) is 12.2. The summed E-state index contributed by atoms with van der Waals surface area (Å²) in [5.41, 5.74) is 1.30. The maximum Gasteiger partial charge on any atom is 0.123 e. The summed E-state index contributed by atoms with van der Waals surface area (Å²) in [7, 11) is 3.55. The smallest absolute Gasteiger partial charge is 0.123 e. The van der Waals surface area contributed by atoms with E-state index in [0.717, 1.165) is 18.7 Å². The van der Waals surface area contributed by atoms with E-state index in [1.54, 1.807) is 7.11 Å². The number of hydrogen-bond acceptors (Lipinski definition) is 3. The van der Waals surface area contributed by atoms with Crippen molar-refractivity contribution in [3.05, 3.63) is 29.8 Å². The largest absolute Gasteiger partial charge is 0.496 e. The predicted octanol–water partition coefficient (Wildman–Crippen LogP) is 3.31. The number of nitrogens with one attached hydrogen (secondary N) is 1. The first-order chi connectivity index (χ1) is 9.24. The molecule has 3 heteroatoms. The van der Waals surface area contributed by atoms with Crippen molar-refractivity contribution in [3.63, 3.8) is 0 Å². The summed E-state index contributed by atoms with van der Waals surface area (Å²) in [6.45, 7) is 3.12. The summed E-state index contributed by atoms with van der Waals surface area (Å²) in [5.74, 6) is 0.960. The quantitative estimate of drug-likeness (QED) is 0.818. The van der Waals surface area contributed by atoms with Gasteiger partial charge in [0.2, 0.25) is 0 Å². The number of hydrogen-bond donors (Lipinski definition) is 1. The van der Waals surface area contributed by atoms with E-state index < -0.39 is 0 Å². The summed E-state index contributed by atoms with van der Waals surface area (Å²) in [5, 5.41) is 3.65. The average Bonchev–Trinajstić information content (AvgIpc) is 2.42. The van der Waals surface area contributed by atoms with E-state index in [1.807, 2.05) is 19.2 Å². The predicted molar refractivity (Wildman–Crippen MR) is 77.6 cm³/mol.